The normalized spacial score (nSPS) is 24.2. The van der Waals surface area contributed by atoms with E-state index in [1.165, 1.54) is 32.1 Å². The summed E-state index contributed by atoms with van der Waals surface area (Å²) in [6.07, 6.45) is 6.04. The van der Waals surface area contributed by atoms with Crippen molar-refractivity contribution in [3.63, 3.8) is 0 Å². The van der Waals surface area contributed by atoms with E-state index in [9.17, 15) is 4.79 Å². The molecule has 5 nitrogen and oxygen atoms in total. The van der Waals surface area contributed by atoms with Gasteiger partial charge in [0.1, 0.15) is 23.6 Å². The Morgan fingerprint density at radius 1 is 1.08 bits per heavy atom. The van der Waals surface area contributed by atoms with Gasteiger partial charge in [0.2, 0.25) is 0 Å². The second kappa shape index (κ2) is 9.13. The first kappa shape index (κ1) is 24.7. The summed E-state index contributed by atoms with van der Waals surface area (Å²) < 4.78 is 6.41. The summed E-state index contributed by atoms with van der Waals surface area (Å²) >= 11 is 6.23. The Bertz CT molecular complexity index is 1290. The van der Waals surface area contributed by atoms with Crippen LogP contribution in [0.2, 0.25) is 5.02 Å². The Kier molecular flexibility index (Phi) is 6.26. The first-order valence-electron chi connectivity index (χ1n) is 12.8. The first-order chi connectivity index (χ1) is 17.1. The molecule has 0 N–H and O–H groups in total. The summed E-state index contributed by atoms with van der Waals surface area (Å²) in [5.41, 5.74) is 2.05. The lowest BCUT2D eigenvalue weighted by atomic mass is 9.49. The lowest BCUT2D eigenvalue weighted by Crippen LogP contribution is -2.74. The van der Waals surface area contributed by atoms with E-state index in [1.807, 2.05) is 17.0 Å². The molecule has 36 heavy (non-hydrogen) atoms. The SMILES string of the molecule is CC1(C)[C@H](Oc2ccc(C#N)c(Cl)c2)C(C)(C)[C@H]1N1Cc2nc(C#CC3CCCCC3)ccc2C1=O. The van der Waals surface area contributed by atoms with Gasteiger partial charge >= 0.3 is 0 Å². The number of halogens is 1. The highest BCUT2D eigenvalue weighted by Crippen LogP contribution is 2.59. The average molecular weight is 502 g/mol. The Balaban J connectivity index is 1.34. The fourth-order valence-corrected chi connectivity index (χ4v) is 7.13. The van der Waals surface area contributed by atoms with Crippen LogP contribution in [0.4, 0.5) is 0 Å². The molecule has 2 heterocycles. The van der Waals surface area contributed by atoms with Crippen molar-refractivity contribution in [3.8, 4) is 23.7 Å². The Hall–Kier alpha value is -3.02. The van der Waals surface area contributed by atoms with Crippen molar-refractivity contribution >= 4 is 17.5 Å². The van der Waals surface area contributed by atoms with Crippen LogP contribution in [0.3, 0.4) is 0 Å². The molecule has 1 aromatic heterocycles. The molecule has 1 amide bonds. The van der Waals surface area contributed by atoms with Crippen LogP contribution in [0.15, 0.2) is 30.3 Å². The van der Waals surface area contributed by atoms with Crippen LogP contribution in [-0.2, 0) is 6.54 Å². The highest BCUT2D eigenvalue weighted by Gasteiger charge is 2.67. The Labute approximate surface area is 218 Å². The second-order valence-corrected chi connectivity index (χ2v) is 11.9. The maximum atomic E-state index is 13.5. The third kappa shape index (κ3) is 4.14. The lowest BCUT2D eigenvalue weighted by Gasteiger charge is -2.65. The summed E-state index contributed by atoms with van der Waals surface area (Å²) in [4.78, 5) is 20.2. The van der Waals surface area contributed by atoms with E-state index in [4.69, 9.17) is 26.6 Å². The van der Waals surface area contributed by atoms with Crippen LogP contribution >= 0.6 is 11.6 Å². The topological polar surface area (TPSA) is 66.2 Å². The minimum absolute atomic E-state index is 0.0234. The largest absolute Gasteiger partial charge is 0.489 e. The number of fused-ring (bicyclic) bond motifs is 1. The molecular formula is C30H32ClN3O2. The van der Waals surface area contributed by atoms with Gasteiger partial charge in [-0.3, -0.25) is 4.79 Å². The van der Waals surface area contributed by atoms with E-state index in [1.54, 1.807) is 18.2 Å². The van der Waals surface area contributed by atoms with Gasteiger partial charge in [-0.05, 0) is 43.0 Å². The molecule has 0 radical (unpaired) electrons. The van der Waals surface area contributed by atoms with Gasteiger partial charge in [-0.15, -0.1) is 0 Å². The standard InChI is InChI=1S/C30H32ClN3O2/c1-29(2)27(30(3,4)28(29)36-22-14-11-20(17-32)24(31)16-22)34-18-25-23(26(34)35)15-13-21(33-25)12-10-19-8-6-5-7-9-19/h11,13-16,19,27-28H,5-9,18H2,1-4H3/t27-,28-. The van der Waals surface area contributed by atoms with Crippen LogP contribution in [0, 0.1) is 39.9 Å². The number of nitriles is 1. The van der Waals surface area contributed by atoms with Gasteiger partial charge in [0.25, 0.3) is 5.91 Å². The highest BCUT2D eigenvalue weighted by atomic mass is 35.5. The molecule has 2 saturated carbocycles. The number of carbonyl (C=O) groups excluding carboxylic acids is 1. The van der Waals surface area contributed by atoms with Gasteiger partial charge in [-0.1, -0.05) is 64.5 Å². The molecule has 186 valence electrons. The van der Waals surface area contributed by atoms with Crippen molar-refractivity contribution < 1.29 is 9.53 Å². The maximum absolute atomic E-state index is 13.5. The number of hydrogen-bond acceptors (Lipinski definition) is 4. The number of aromatic nitrogens is 1. The predicted octanol–water partition coefficient (Wildman–Crippen LogP) is 6.38. The smallest absolute Gasteiger partial charge is 0.256 e. The molecule has 2 aliphatic carbocycles. The van der Waals surface area contributed by atoms with Gasteiger partial charge in [0, 0.05) is 28.9 Å². The van der Waals surface area contributed by atoms with Crippen molar-refractivity contribution in [3.05, 3.63) is 57.9 Å². The molecule has 0 spiro atoms. The van der Waals surface area contributed by atoms with E-state index in [-0.39, 0.29) is 28.9 Å². The molecule has 0 saturated heterocycles. The van der Waals surface area contributed by atoms with Gasteiger partial charge in [-0.2, -0.15) is 5.26 Å². The van der Waals surface area contributed by atoms with Crippen LogP contribution < -0.4 is 4.74 Å². The molecule has 6 heteroatoms. The van der Waals surface area contributed by atoms with Crippen LogP contribution in [-0.4, -0.2) is 27.9 Å². The molecule has 2 fully saturated rings. The number of carbonyl (C=O) groups is 1. The van der Waals surface area contributed by atoms with Crippen molar-refractivity contribution in [2.24, 2.45) is 16.7 Å². The third-order valence-electron chi connectivity index (χ3n) is 8.18. The zero-order valence-electron chi connectivity index (χ0n) is 21.4. The molecule has 0 atom stereocenters. The van der Waals surface area contributed by atoms with Crippen molar-refractivity contribution in [2.45, 2.75) is 78.5 Å². The molecule has 3 aliphatic rings. The average Bonchev–Trinajstić information content (AvgIpc) is 3.16. The van der Waals surface area contributed by atoms with E-state index in [2.05, 4.69) is 45.6 Å². The second-order valence-electron chi connectivity index (χ2n) is 11.5. The summed E-state index contributed by atoms with van der Waals surface area (Å²) in [7, 11) is 0. The molecular weight excluding hydrogens is 470 g/mol. The van der Waals surface area contributed by atoms with Gasteiger partial charge in [0.05, 0.1) is 28.4 Å². The number of amides is 1. The molecule has 1 aromatic carbocycles. The summed E-state index contributed by atoms with van der Waals surface area (Å²) in [5, 5.41) is 9.53. The highest BCUT2D eigenvalue weighted by molar-refractivity contribution is 6.31. The van der Waals surface area contributed by atoms with E-state index >= 15 is 0 Å². The van der Waals surface area contributed by atoms with E-state index < -0.39 is 0 Å². The number of nitrogens with zero attached hydrogens (tertiary/aromatic N) is 3. The number of benzene rings is 1. The van der Waals surface area contributed by atoms with Crippen LogP contribution in [0.25, 0.3) is 0 Å². The molecule has 0 unspecified atom stereocenters. The van der Waals surface area contributed by atoms with Crippen LogP contribution in [0.1, 0.15) is 87.1 Å². The fourth-order valence-electron chi connectivity index (χ4n) is 6.92. The van der Waals surface area contributed by atoms with Crippen molar-refractivity contribution in [1.29, 1.82) is 5.26 Å². The van der Waals surface area contributed by atoms with Gasteiger partial charge < -0.3 is 9.64 Å². The van der Waals surface area contributed by atoms with Crippen LogP contribution in [0.5, 0.6) is 5.75 Å². The van der Waals surface area contributed by atoms with E-state index in [0.29, 0.717) is 34.4 Å². The fraction of sp³-hybridized carbons (Fsp3) is 0.500. The first-order valence-corrected chi connectivity index (χ1v) is 13.2. The summed E-state index contributed by atoms with van der Waals surface area (Å²) in [6.45, 7) is 9.06. The van der Waals surface area contributed by atoms with Crippen molar-refractivity contribution in [1.82, 2.24) is 9.88 Å². The maximum Gasteiger partial charge on any atom is 0.256 e. The molecule has 2 aromatic rings. The summed E-state index contributed by atoms with van der Waals surface area (Å²) in [5.74, 6) is 7.79. The van der Waals surface area contributed by atoms with Crippen molar-refractivity contribution in [2.75, 3.05) is 0 Å². The monoisotopic (exact) mass is 501 g/mol. The third-order valence-corrected chi connectivity index (χ3v) is 8.50. The minimum Gasteiger partial charge on any atom is -0.489 e. The number of rotatable bonds is 3. The molecule has 0 bridgehead atoms. The predicted molar refractivity (Wildman–Crippen MR) is 139 cm³/mol. The lowest BCUT2D eigenvalue weighted by molar-refractivity contribution is -0.199. The van der Waals surface area contributed by atoms with E-state index in [0.717, 1.165) is 11.4 Å². The number of ether oxygens (including phenoxy) is 1. The summed E-state index contributed by atoms with van der Waals surface area (Å²) in [6, 6.07) is 11.0. The number of hydrogen-bond donors (Lipinski definition) is 0. The Morgan fingerprint density at radius 3 is 2.47 bits per heavy atom. The van der Waals surface area contributed by atoms with Gasteiger partial charge in [0.15, 0.2) is 0 Å². The quantitative estimate of drug-likeness (QED) is 0.458. The molecule has 1 aliphatic heterocycles. The van der Waals surface area contributed by atoms with Gasteiger partial charge in [-0.25, -0.2) is 4.98 Å². The number of pyridine rings is 1. The Morgan fingerprint density at radius 2 is 1.81 bits per heavy atom. The zero-order valence-corrected chi connectivity index (χ0v) is 22.2. The minimum atomic E-state index is -0.300. The zero-order chi connectivity index (χ0) is 25.7. The molecule has 5 rings (SSSR count).